The van der Waals surface area contributed by atoms with Gasteiger partial charge in [-0.2, -0.15) is 0 Å². The van der Waals surface area contributed by atoms with E-state index in [0.29, 0.717) is 5.56 Å². The first-order valence-electron chi connectivity index (χ1n) is 6.93. The minimum absolute atomic E-state index is 0.326. The number of nitrogens with one attached hydrogen (secondary N) is 2. The van der Waals surface area contributed by atoms with Gasteiger partial charge in [-0.1, -0.05) is 12.1 Å². The van der Waals surface area contributed by atoms with Gasteiger partial charge in [0.15, 0.2) is 0 Å². The molecule has 0 saturated carbocycles. The zero-order valence-corrected chi connectivity index (χ0v) is 12.7. The Morgan fingerprint density at radius 3 is 2.39 bits per heavy atom. The van der Waals surface area contributed by atoms with Crippen LogP contribution >= 0.6 is 0 Å². The summed E-state index contributed by atoms with van der Waals surface area (Å²) < 4.78 is 1.85. The maximum absolute atomic E-state index is 12.1. The molecule has 2 atom stereocenters. The fourth-order valence-electron chi connectivity index (χ4n) is 2.13. The van der Waals surface area contributed by atoms with Gasteiger partial charge in [0.2, 0.25) is 0 Å². The molecule has 0 aliphatic rings. The van der Waals surface area contributed by atoms with Crippen LogP contribution in [0.5, 0.6) is 0 Å². The highest BCUT2D eigenvalue weighted by Gasteiger charge is 2.25. The quantitative estimate of drug-likeness (QED) is 0.460. The molecule has 2 aromatic rings. The Labute approximate surface area is 132 Å². The lowest BCUT2D eigenvalue weighted by Crippen LogP contribution is -2.51. The maximum Gasteiger partial charge on any atom is 0.268 e. The summed E-state index contributed by atoms with van der Waals surface area (Å²) in [4.78, 5) is 27.6. The zero-order valence-electron chi connectivity index (χ0n) is 12.7. The molecule has 2 rings (SSSR count). The molecule has 0 radical (unpaired) electrons. The average Bonchev–Trinajstić information content (AvgIpc) is 2.97. The summed E-state index contributed by atoms with van der Waals surface area (Å²) in [7, 11) is 1.86. The van der Waals surface area contributed by atoms with E-state index in [1.807, 2.05) is 11.6 Å². The third-order valence-corrected chi connectivity index (χ3v) is 3.42. The molecule has 0 aliphatic carbocycles. The second-order valence-electron chi connectivity index (χ2n) is 5.13. The van der Waals surface area contributed by atoms with Crippen molar-refractivity contribution in [1.29, 1.82) is 0 Å². The molecule has 1 heterocycles. The molecule has 1 aromatic carbocycles. The molecule has 122 valence electrons. The van der Waals surface area contributed by atoms with Gasteiger partial charge < -0.3 is 15.0 Å². The van der Waals surface area contributed by atoms with Crippen LogP contribution < -0.4 is 10.8 Å². The fourth-order valence-corrected chi connectivity index (χ4v) is 2.13. The van der Waals surface area contributed by atoms with Crippen molar-refractivity contribution in [3.63, 3.8) is 0 Å². The van der Waals surface area contributed by atoms with Crippen molar-refractivity contribution in [2.45, 2.75) is 19.1 Å². The minimum atomic E-state index is -1.25. The highest BCUT2D eigenvalue weighted by molar-refractivity contribution is 5.97. The smallest absolute Gasteiger partial charge is 0.268 e. The van der Waals surface area contributed by atoms with Crippen molar-refractivity contribution in [3.05, 3.63) is 42.4 Å². The van der Waals surface area contributed by atoms with Gasteiger partial charge in [0.1, 0.15) is 6.04 Å². The zero-order chi connectivity index (χ0) is 17.0. The van der Waals surface area contributed by atoms with E-state index in [-0.39, 0.29) is 0 Å². The summed E-state index contributed by atoms with van der Waals surface area (Å²) in [5, 5.41) is 20.5. The van der Waals surface area contributed by atoms with Crippen LogP contribution in [-0.2, 0) is 11.8 Å². The van der Waals surface area contributed by atoms with E-state index in [2.05, 4.69) is 10.3 Å². The molecule has 2 amide bonds. The summed E-state index contributed by atoms with van der Waals surface area (Å²) >= 11 is 0. The van der Waals surface area contributed by atoms with Crippen LogP contribution in [0.1, 0.15) is 17.3 Å². The van der Waals surface area contributed by atoms with E-state index in [9.17, 15) is 14.7 Å². The van der Waals surface area contributed by atoms with Gasteiger partial charge in [-0.3, -0.25) is 14.8 Å². The number of carbonyl (C=O) groups is 2. The molecule has 23 heavy (non-hydrogen) atoms. The van der Waals surface area contributed by atoms with Gasteiger partial charge in [0, 0.05) is 12.6 Å². The molecule has 0 bridgehead atoms. The number of aryl methyl sites for hydroxylation is 1. The Balaban J connectivity index is 2.14. The largest absolute Gasteiger partial charge is 0.391 e. The molecule has 4 N–H and O–H groups in total. The van der Waals surface area contributed by atoms with Crippen LogP contribution in [0.2, 0.25) is 0 Å². The van der Waals surface area contributed by atoms with E-state index in [4.69, 9.17) is 5.21 Å². The Morgan fingerprint density at radius 1 is 1.26 bits per heavy atom. The predicted octanol–water partition coefficient (Wildman–Crippen LogP) is 0.0717. The minimum Gasteiger partial charge on any atom is -0.391 e. The number of carbonyl (C=O) groups excluding carboxylic acids is 2. The number of hydrogen-bond acceptors (Lipinski definition) is 5. The van der Waals surface area contributed by atoms with E-state index >= 15 is 0 Å². The number of aliphatic hydroxyl groups excluding tert-OH is 1. The summed E-state index contributed by atoms with van der Waals surface area (Å²) in [5.41, 5.74) is 3.53. The standard InChI is InChI=1S/C15H18N4O4/c1-9(20)13(15(22)18-23)17-14(21)11-5-3-10(4-6-11)12-7-16-8-19(12)2/h3-9,13,20,23H,1-2H3,(H,17,21)(H,18,22)/t9-,13+/m1/s1. The molecule has 1 aromatic heterocycles. The van der Waals surface area contributed by atoms with Gasteiger partial charge in [-0.05, 0) is 24.6 Å². The third kappa shape index (κ3) is 3.74. The Bertz CT molecular complexity index is 694. The summed E-state index contributed by atoms with van der Waals surface area (Å²) in [6.07, 6.45) is 2.24. The molecule has 0 fully saturated rings. The first-order chi connectivity index (χ1) is 10.9. The molecule has 0 saturated heterocycles. The van der Waals surface area contributed by atoms with Gasteiger partial charge in [-0.25, -0.2) is 10.5 Å². The van der Waals surface area contributed by atoms with Crippen LogP contribution in [0.25, 0.3) is 11.3 Å². The lowest BCUT2D eigenvalue weighted by molar-refractivity contribution is -0.133. The van der Waals surface area contributed by atoms with Gasteiger partial charge >= 0.3 is 0 Å². The number of imidazole rings is 1. The van der Waals surface area contributed by atoms with Crippen LogP contribution in [0.3, 0.4) is 0 Å². The van der Waals surface area contributed by atoms with Crippen molar-refractivity contribution >= 4 is 11.8 Å². The van der Waals surface area contributed by atoms with Gasteiger partial charge in [-0.15, -0.1) is 0 Å². The molecule has 0 spiro atoms. The summed E-state index contributed by atoms with van der Waals surface area (Å²) in [6, 6.07) is 5.48. The average molecular weight is 318 g/mol. The predicted molar refractivity (Wildman–Crippen MR) is 81.5 cm³/mol. The van der Waals surface area contributed by atoms with E-state index in [0.717, 1.165) is 11.3 Å². The first-order valence-corrected chi connectivity index (χ1v) is 6.93. The number of aliphatic hydroxyl groups is 1. The van der Waals surface area contributed by atoms with Gasteiger partial charge in [0.05, 0.1) is 24.3 Å². The van der Waals surface area contributed by atoms with E-state index < -0.39 is 24.0 Å². The molecule has 0 aliphatic heterocycles. The number of hydroxylamine groups is 1. The van der Waals surface area contributed by atoms with Crippen LogP contribution in [0, 0.1) is 0 Å². The van der Waals surface area contributed by atoms with E-state index in [1.54, 1.807) is 36.8 Å². The highest BCUT2D eigenvalue weighted by atomic mass is 16.5. The number of benzene rings is 1. The maximum atomic E-state index is 12.1. The van der Waals surface area contributed by atoms with Crippen molar-refractivity contribution in [2.24, 2.45) is 7.05 Å². The highest BCUT2D eigenvalue weighted by Crippen LogP contribution is 2.18. The monoisotopic (exact) mass is 318 g/mol. The lowest BCUT2D eigenvalue weighted by Gasteiger charge is -2.19. The number of nitrogens with zero attached hydrogens (tertiary/aromatic N) is 2. The van der Waals surface area contributed by atoms with Crippen LogP contribution in [0.15, 0.2) is 36.8 Å². The summed E-state index contributed by atoms with van der Waals surface area (Å²) in [5.74, 6) is -1.42. The lowest BCUT2D eigenvalue weighted by atomic mass is 10.1. The molecule has 8 heteroatoms. The number of rotatable bonds is 5. The molecule has 0 unspecified atom stereocenters. The summed E-state index contributed by atoms with van der Waals surface area (Å²) in [6.45, 7) is 1.34. The Kier molecular flexibility index (Phi) is 5.09. The molecule has 8 nitrogen and oxygen atoms in total. The van der Waals surface area contributed by atoms with Crippen LogP contribution in [0.4, 0.5) is 0 Å². The molecular formula is C15H18N4O4. The number of aromatic nitrogens is 2. The van der Waals surface area contributed by atoms with Crippen LogP contribution in [-0.4, -0.2) is 43.8 Å². The van der Waals surface area contributed by atoms with Crippen molar-refractivity contribution in [3.8, 4) is 11.3 Å². The Morgan fingerprint density at radius 2 is 1.91 bits per heavy atom. The SMILES string of the molecule is C[C@@H](O)[C@H](NC(=O)c1ccc(-c2cncn2C)cc1)C(=O)NO. The fraction of sp³-hybridized carbons (Fsp3) is 0.267. The number of amides is 2. The van der Waals surface area contributed by atoms with Crippen molar-refractivity contribution < 1.29 is 19.9 Å². The van der Waals surface area contributed by atoms with Crippen molar-refractivity contribution in [1.82, 2.24) is 20.3 Å². The van der Waals surface area contributed by atoms with Gasteiger partial charge in [0.25, 0.3) is 11.8 Å². The Hall–Kier alpha value is -2.71. The topological polar surface area (TPSA) is 116 Å². The van der Waals surface area contributed by atoms with Crippen molar-refractivity contribution in [2.75, 3.05) is 0 Å². The molecular weight excluding hydrogens is 300 g/mol. The second-order valence-corrected chi connectivity index (χ2v) is 5.13. The normalized spacial score (nSPS) is 13.2. The first kappa shape index (κ1) is 16.7. The third-order valence-electron chi connectivity index (χ3n) is 3.42. The number of hydrogen-bond donors (Lipinski definition) is 4. The second kappa shape index (κ2) is 7.03. The van der Waals surface area contributed by atoms with E-state index in [1.165, 1.54) is 12.4 Å².